The van der Waals surface area contributed by atoms with Crippen LogP contribution in [-0.2, 0) is 16.0 Å². The van der Waals surface area contributed by atoms with Crippen LogP contribution in [0.25, 0.3) is 11.6 Å². The molecule has 1 aromatic rings. The lowest BCUT2D eigenvalue weighted by Crippen LogP contribution is -2.09. The molecule has 0 bridgehead atoms. The van der Waals surface area contributed by atoms with E-state index in [1.165, 1.54) is 22.3 Å². The molecule has 0 radical (unpaired) electrons. The van der Waals surface area contributed by atoms with E-state index in [2.05, 4.69) is 43.0 Å². The van der Waals surface area contributed by atoms with E-state index < -0.39 is 0 Å². The largest absolute Gasteiger partial charge is 0.422 e. The number of allylic oxidation sites excluding steroid dienone is 6. The summed E-state index contributed by atoms with van der Waals surface area (Å²) in [6.07, 6.45) is 9.17. The minimum atomic E-state index is -0.373. The summed E-state index contributed by atoms with van der Waals surface area (Å²) in [6, 6.07) is 6.26. The summed E-state index contributed by atoms with van der Waals surface area (Å²) >= 11 is 0. The van der Waals surface area contributed by atoms with Crippen LogP contribution in [0.3, 0.4) is 0 Å². The van der Waals surface area contributed by atoms with Crippen LogP contribution in [0.4, 0.5) is 0 Å². The molecule has 2 heteroatoms. The average molecular weight is 274 g/mol. The van der Waals surface area contributed by atoms with E-state index in [1.807, 2.05) is 6.08 Å². The molecule has 0 fully saturated rings. The molecule has 2 nitrogen and oxygen atoms in total. The zero-order valence-electron chi connectivity index (χ0n) is 11.8. The number of benzene rings is 1. The molecular formula is C19H14O2. The zero-order chi connectivity index (χ0) is 14.6. The molecule has 1 aromatic carbocycles. The number of rotatable bonds is 2. The highest BCUT2D eigenvalue weighted by atomic mass is 16.5. The lowest BCUT2D eigenvalue weighted by molar-refractivity contribution is -0.134. The lowest BCUT2D eigenvalue weighted by atomic mass is 9.84. The predicted molar refractivity (Wildman–Crippen MR) is 83.2 cm³/mol. The van der Waals surface area contributed by atoms with Crippen molar-refractivity contribution in [3.63, 3.8) is 0 Å². The van der Waals surface area contributed by atoms with Crippen molar-refractivity contribution >= 4 is 17.6 Å². The number of carbonyl (C=O) groups is 1. The molecule has 0 unspecified atom stereocenters. The van der Waals surface area contributed by atoms with Crippen molar-refractivity contribution < 1.29 is 9.53 Å². The summed E-state index contributed by atoms with van der Waals surface area (Å²) in [5, 5.41) is 0. The number of esters is 1. The Hall–Kier alpha value is -2.61. The fourth-order valence-electron chi connectivity index (χ4n) is 3.12. The summed E-state index contributed by atoms with van der Waals surface area (Å²) in [5.74, 6) is 0.263. The predicted octanol–water partition coefficient (Wildman–Crippen LogP) is 3.97. The quantitative estimate of drug-likeness (QED) is 0.602. The van der Waals surface area contributed by atoms with Crippen LogP contribution < -0.4 is 0 Å². The Morgan fingerprint density at radius 1 is 1.33 bits per heavy atom. The lowest BCUT2D eigenvalue weighted by Gasteiger charge is -2.21. The molecule has 3 aliphatic rings. The normalized spacial score (nSPS) is 17.2. The fraction of sp³-hybridized carbons (Fsp3) is 0.105. The molecule has 0 N–H and O–H groups in total. The molecule has 0 amide bonds. The van der Waals surface area contributed by atoms with Gasteiger partial charge in [0, 0.05) is 11.1 Å². The Bertz CT molecular complexity index is 829. The van der Waals surface area contributed by atoms with Crippen LogP contribution in [0.15, 0.2) is 65.5 Å². The Kier molecular flexibility index (Phi) is 2.43. The van der Waals surface area contributed by atoms with E-state index in [0.717, 1.165) is 17.6 Å². The van der Waals surface area contributed by atoms with Crippen LogP contribution in [0.2, 0.25) is 0 Å². The molecule has 0 saturated heterocycles. The van der Waals surface area contributed by atoms with Gasteiger partial charge >= 0.3 is 5.97 Å². The molecule has 102 valence electrons. The minimum Gasteiger partial charge on any atom is -0.422 e. The second-order valence-corrected chi connectivity index (χ2v) is 5.58. The van der Waals surface area contributed by atoms with Crippen molar-refractivity contribution in [3.05, 3.63) is 82.2 Å². The first kappa shape index (κ1) is 12.2. The first-order valence-corrected chi connectivity index (χ1v) is 6.99. The van der Waals surface area contributed by atoms with Gasteiger partial charge in [-0.2, -0.15) is 0 Å². The van der Waals surface area contributed by atoms with Crippen LogP contribution in [-0.4, -0.2) is 5.97 Å². The Morgan fingerprint density at radius 2 is 2.19 bits per heavy atom. The number of hydrogen-bond acceptors (Lipinski definition) is 2. The number of carbonyl (C=O) groups excluding carboxylic acids is 1. The van der Waals surface area contributed by atoms with Gasteiger partial charge in [-0.3, -0.25) is 0 Å². The maximum Gasteiger partial charge on any atom is 0.338 e. The third kappa shape index (κ3) is 1.69. The Labute approximate surface area is 123 Å². The van der Waals surface area contributed by atoms with E-state index in [0.29, 0.717) is 11.3 Å². The van der Waals surface area contributed by atoms with Crippen molar-refractivity contribution in [2.24, 2.45) is 0 Å². The summed E-state index contributed by atoms with van der Waals surface area (Å²) in [5.41, 5.74) is 7.54. The standard InChI is InChI=1S/C19H14O2/c1-11(2)19(20)21-16-10-14-7-3-6-13-9-12-5-4-8-15(12)18(16)17(13)14/h3-8,10H,1,9H2,2H3. The van der Waals surface area contributed by atoms with Crippen molar-refractivity contribution in [1.29, 1.82) is 0 Å². The van der Waals surface area contributed by atoms with Crippen molar-refractivity contribution in [2.75, 3.05) is 0 Å². The minimum absolute atomic E-state index is 0.373. The molecule has 3 aliphatic carbocycles. The molecule has 0 atom stereocenters. The highest BCUT2D eigenvalue weighted by Gasteiger charge is 2.32. The van der Waals surface area contributed by atoms with Gasteiger partial charge in [-0.15, -0.1) is 0 Å². The summed E-state index contributed by atoms with van der Waals surface area (Å²) in [7, 11) is 0. The van der Waals surface area contributed by atoms with Gasteiger partial charge in [-0.1, -0.05) is 43.0 Å². The molecule has 4 rings (SSSR count). The first-order valence-electron chi connectivity index (χ1n) is 6.99. The second kappa shape index (κ2) is 4.19. The van der Waals surface area contributed by atoms with Crippen LogP contribution in [0.1, 0.15) is 23.6 Å². The van der Waals surface area contributed by atoms with Gasteiger partial charge < -0.3 is 4.74 Å². The van der Waals surface area contributed by atoms with E-state index in [1.54, 1.807) is 6.92 Å². The summed E-state index contributed by atoms with van der Waals surface area (Å²) in [4.78, 5) is 11.9. The van der Waals surface area contributed by atoms with Gasteiger partial charge in [0.2, 0.25) is 0 Å². The van der Waals surface area contributed by atoms with E-state index >= 15 is 0 Å². The number of fused-ring (bicyclic) bond motifs is 1. The third-order valence-corrected chi connectivity index (χ3v) is 4.07. The second-order valence-electron chi connectivity index (χ2n) is 5.58. The van der Waals surface area contributed by atoms with E-state index in [-0.39, 0.29) is 5.97 Å². The maximum absolute atomic E-state index is 11.9. The molecule has 0 spiro atoms. The van der Waals surface area contributed by atoms with Crippen LogP contribution in [0.5, 0.6) is 0 Å². The first-order chi connectivity index (χ1) is 10.1. The number of ether oxygens (including phenoxy) is 1. The molecule has 0 aliphatic heterocycles. The van der Waals surface area contributed by atoms with Crippen molar-refractivity contribution in [1.82, 2.24) is 0 Å². The third-order valence-electron chi connectivity index (χ3n) is 4.07. The zero-order valence-corrected chi connectivity index (χ0v) is 11.8. The summed E-state index contributed by atoms with van der Waals surface area (Å²) < 4.78 is 5.56. The van der Waals surface area contributed by atoms with Crippen molar-refractivity contribution in [2.45, 2.75) is 13.3 Å². The molecule has 0 heterocycles. The van der Waals surface area contributed by atoms with Gasteiger partial charge in [0.05, 0.1) is 0 Å². The Morgan fingerprint density at radius 3 is 3.00 bits per heavy atom. The topological polar surface area (TPSA) is 26.3 Å². The molecule has 0 aromatic heterocycles. The van der Waals surface area contributed by atoms with E-state index in [9.17, 15) is 4.79 Å². The van der Waals surface area contributed by atoms with Crippen LogP contribution >= 0.6 is 0 Å². The van der Waals surface area contributed by atoms with Gasteiger partial charge in [0.1, 0.15) is 5.76 Å². The smallest absolute Gasteiger partial charge is 0.338 e. The molecule has 0 saturated carbocycles. The maximum atomic E-state index is 11.9. The van der Waals surface area contributed by atoms with Gasteiger partial charge in [-0.05, 0) is 47.3 Å². The fourth-order valence-corrected chi connectivity index (χ4v) is 3.12. The van der Waals surface area contributed by atoms with Gasteiger partial charge in [0.15, 0.2) is 0 Å². The van der Waals surface area contributed by atoms with Crippen LogP contribution in [0, 0.1) is 0 Å². The summed E-state index contributed by atoms with van der Waals surface area (Å²) in [6.45, 7) is 5.31. The molecule has 21 heavy (non-hydrogen) atoms. The van der Waals surface area contributed by atoms with Gasteiger partial charge in [-0.25, -0.2) is 4.79 Å². The SMILES string of the molecule is C=C(C)C(=O)OC1=Cc2cccc3c2C1=C1C=CC=C1C3. The van der Waals surface area contributed by atoms with E-state index in [4.69, 9.17) is 4.74 Å². The number of hydrogen-bond donors (Lipinski definition) is 0. The average Bonchev–Trinajstić information content (AvgIpc) is 3.04. The Balaban J connectivity index is 1.89. The highest BCUT2D eigenvalue weighted by molar-refractivity contribution is 6.02. The van der Waals surface area contributed by atoms with Crippen molar-refractivity contribution in [3.8, 4) is 0 Å². The highest BCUT2D eigenvalue weighted by Crippen LogP contribution is 2.47. The monoisotopic (exact) mass is 274 g/mol. The molecular weight excluding hydrogens is 260 g/mol. The van der Waals surface area contributed by atoms with Gasteiger partial charge in [0.25, 0.3) is 0 Å².